The first-order valence-corrected chi connectivity index (χ1v) is 5.90. The van der Waals surface area contributed by atoms with Crippen molar-refractivity contribution in [2.45, 2.75) is 32.4 Å². The van der Waals surface area contributed by atoms with Crippen molar-refractivity contribution in [2.75, 3.05) is 0 Å². The minimum Gasteiger partial charge on any atom is -0.306 e. The highest BCUT2D eigenvalue weighted by atomic mass is 19.4. The van der Waals surface area contributed by atoms with Crippen molar-refractivity contribution >= 4 is 0 Å². The molecule has 0 aliphatic heterocycles. The van der Waals surface area contributed by atoms with E-state index in [2.05, 4.69) is 4.98 Å². The second-order valence-corrected chi connectivity index (χ2v) is 5.46. The minimum atomic E-state index is -4.33. The highest BCUT2D eigenvalue weighted by molar-refractivity contribution is 5.37. The fraction of sp³-hybridized carbons (Fsp3) is 0.357. The lowest BCUT2D eigenvalue weighted by atomic mass is 9.93. The smallest absolute Gasteiger partial charge is 0.306 e. The van der Waals surface area contributed by atoms with Gasteiger partial charge in [0, 0.05) is 17.3 Å². The molecule has 2 aromatic rings. The van der Waals surface area contributed by atoms with E-state index in [0.717, 1.165) is 17.8 Å². The van der Waals surface area contributed by atoms with Gasteiger partial charge < -0.3 is 4.57 Å². The summed E-state index contributed by atoms with van der Waals surface area (Å²) in [7, 11) is 0. The quantitative estimate of drug-likeness (QED) is 0.758. The number of benzene rings is 1. The van der Waals surface area contributed by atoms with E-state index in [0.29, 0.717) is 5.69 Å². The Morgan fingerprint density at radius 2 is 1.79 bits per heavy atom. The van der Waals surface area contributed by atoms with Crippen LogP contribution in [0.25, 0.3) is 5.69 Å². The average molecular weight is 268 g/mol. The molecule has 1 heterocycles. The molecular weight excluding hydrogens is 253 g/mol. The van der Waals surface area contributed by atoms with E-state index in [1.807, 2.05) is 20.8 Å². The number of imidazole rings is 1. The van der Waals surface area contributed by atoms with Crippen molar-refractivity contribution < 1.29 is 13.2 Å². The Bertz CT molecular complexity index is 577. The van der Waals surface area contributed by atoms with Gasteiger partial charge in [-0.3, -0.25) is 0 Å². The third-order valence-corrected chi connectivity index (χ3v) is 2.82. The first kappa shape index (κ1) is 13.6. The molecule has 0 spiro atoms. The molecule has 1 aromatic carbocycles. The molecule has 0 atom stereocenters. The lowest BCUT2D eigenvalue weighted by Crippen LogP contribution is -2.11. The normalized spacial score (nSPS) is 12.7. The van der Waals surface area contributed by atoms with E-state index in [1.165, 1.54) is 12.4 Å². The fourth-order valence-electron chi connectivity index (χ4n) is 1.69. The molecular formula is C14H15F3N2. The predicted octanol–water partition coefficient (Wildman–Crippen LogP) is 4.19. The number of nitrogens with zero attached hydrogens (tertiary/aromatic N) is 2. The van der Waals surface area contributed by atoms with E-state index in [-0.39, 0.29) is 5.41 Å². The van der Waals surface area contributed by atoms with Gasteiger partial charge in [0.1, 0.15) is 0 Å². The number of halogens is 3. The predicted molar refractivity (Wildman–Crippen MR) is 67.3 cm³/mol. The van der Waals surface area contributed by atoms with Crippen LogP contribution in [0, 0.1) is 0 Å². The highest BCUT2D eigenvalue weighted by Gasteiger charge is 2.30. The van der Waals surface area contributed by atoms with Crippen LogP contribution in [0.1, 0.15) is 32.0 Å². The second kappa shape index (κ2) is 4.40. The largest absolute Gasteiger partial charge is 0.416 e. The fourth-order valence-corrected chi connectivity index (χ4v) is 1.69. The van der Waals surface area contributed by atoms with Crippen LogP contribution >= 0.6 is 0 Å². The summed E-state index contributed by atoms with van der Waals surface area (Å²) in [6, 6.07) is 5.21. The number of hydrogen-bond acceptors (Lipinski definition) is 1. The maximum Gasteiger partial charge on any atom is 0.416 e. The summed E-state index contributed by atoms with van der Waals surface area (Å²) in [5.74, 6) is 0. The molecule has 2 rings (SSSR count). The van der Waals surface area contributed by atoms with Gasteiger partial charge in [-0.1, -0.05) is 26.8 Å². The van der Waals surface area contributed by atoms with Gasteiger partial charge >= 0.3 is 6.18 Å². The average Bonchev–Trinajstić information content (AvgIpc) is 2.77. The van der Waals surface area contributed by atoms with Crippen molar-refractivity contribution in [1.82, 2.24) is 9.55 Å². The van der Waals surface area contributed by atoms with E-state index in [1.54, 1.807) is 16.8 Å². The second-order valence-electron chi connectivity index (χ2n) is 5.46. The lowest BCUT2D eigenvalue weighted by Gasteiger charge is -2.14. The van der Waals surface area contributed by atoms with Gasteiger partial charge in [-0.2, -0.15) is 13.2 Å². The standard InChI is InChI=1S/C14H15F3N2/c1-13(2,3)12-8-19(9-18-12)11-6-4-5-10(7-11)14(15,16)17/h4-9H,1-3H3. The number of rotatable bonds is 1. The molecule has 0 aliphatic rings. The van der Waals surface area contributed by atoms with Crippen molar-refractivity contribution in [3.05, 3.63) is 48.0 Å². The molecule has 0 radical (unpaired) electrons. The van der Waals surface area contributed by atoms with Crippen LogP contribution in [-0.2, 0) is 11.6 Å². The van der Waals surface area contributed by atoms with Crippen molar-refractivity contribution in [3.63, 3.8) is 0 Å². The maximum absolute atomic E-state index is 12.7. The summed E-state index contributed by atoms with van der Waals surface area (Å²) in [4.78, 5) is 4.24. The van der Waals surface area contributed by atoms with Crippen LogP contribution in [0.5, 0.6) is 0 Å². The van der Waals surface area contributed by atoms with Crippen LogP contribution < -0.4 is 0 Å². The molecule has 0 fully saturated rings. The number of alkyl halides is 3. The number of hydrogen-bond donors (Lipinski definition) is 0. The van der Waals surface area contributed by atoms with Crippen molar-refractivity contribution in [3.8, 4) is 5.69 Å². The third kappa shape index (κ3) is 2.97. The zero-order valence-corrected chi connectivity index (χ0v) is 11.0. The number of aromatic nitrogens is 2. The summed E-state index contributed by atoms with van der Waals surface area (Å²) in [6.07, 6.45) is -1.03. The Hall–Kier alpha value is -1.78. The van der Waals surface area contributed by atoms with Crippen LogP contribution in [0.4, 0.5) is 13.2 Å². The van der Waals surface area contributed by atoms with Crippen molar-refractivity contribution in [1.29, 1.82) is 0 Å². The van der Waals surface area contributed by atoms with E-state index in [9.17, 15) is 13.2 Å². The Kier molecular flexibility index (Phi) is 3.16. The Morgan fingerprint density at radius 3 is 2.32 bits per heavy atom. The minimum absolute atomic E-state index is 0.132. The first-order valence-electron chi connectivity index (χ1n) is 5.90. The molecule has 5 heteroatoms. The van der Waals surface area contributed by atoms with Gasteiger partial charge in [-0.15, -0.1) is 0 Å². The maximum atomic E-state index is 12.7. The van der Waals surface area contributed by atoms with Gasteiger partial charge in [-0.05, 0) is 18.2 Å². The zero-order chi connectivity index (χ0) is 14.3. The van der Waals surface area contributed by atoms with Gasteiger partial charge in [0.2, 0.25) is 0 Å². The van der Waals surface area contributed by atoms with Crippen LogP contribution in [0.3, 0.4) is 0 Å². The van der Waals surface area contributed by atoms with Gasteiger partial charge in [0.15, 0.2) is 0 Å². The summed E-state index contributed by atoms with van der Waals surface area (Å²) < 4.78 is 39.6. The zero-order valence-electron chi connectivity index (χ0n) is 11.0. The monoisotopic (exact) mass is 268 g/mol. The van der Waals surface area contributed by atoms with Crippen molar-refractivity contribution in [2.24, 2.45) is 0 Å². The molecule has 1 aromatic heterocycles. The summed E-state index contributed by atoms with van der Waals surface area (Å²) in [5.41, 5.74) is 0.506. The third-order valence-electron chi connectivity index (χ3n) is 2.82. The lowest BCUT2D eigenvalue weighted by molar-refractivity contribution is -0.137. The molecule has 0 unspecified atom stereocenters. The van der Waals surface area contributed by atoms with Gasteiger partial charge in [0.25, 0.3) is 0 Å². The molecule has 102 valence electrons. The van der Waals surface area contributed by atoms with E-state index < -0.39 is 11.7 Å². The molecule has 19 heavy (non-hydrogen) atoms. The summed E-state index contributed by atoms with van der Waals surface area (Å²) in [6.45, 7) is 6.02. The summed E-state index contributed by atoms with van der Waals surface area (Å²) >= 11 is 0. The molecule has 0 bridgehead atoms. The van der Waals surface area contributed by atoms with Gasteiger partial charge in [0.05, 0.1) is 17.6 Å². The molecule has 0 aliphatic carbocycles. The molecule has 0 saturated carbocycles. The van der Waals surface area contributed by atoms with E-state index >= 15 is 0 Å². The Balaban J connectivity index is 2.40. The summed E-state index contributed by atoms with van der Waals surface area (Å²) in [5, 5.41) is 0. The first-order chi connectivity index (χ1) is 8.68. The van der Waals surface area contributed by atoms with Gasteiger partial charge in [-0.25, -0.2) is 4.98 Å². The Labute approximate surface area is 109 Å². The van der Waals surface area contributed by atoms with Crippen LogP contribution in [0.2, 0.25) is 0 Å². The van der Waals surface area contributed by atoms with E-state index in [4.69, 9.17) is 0 Å². The van der Waals surface area contributed by atoms with Crippen LogP contribution in [-0.4, -0.2) is 9.55 Å². The highest BCUT2D eigenvalue weighted by Crippen LogP contribution is 2.30. The Morgan fingerprint density at radius 1 is 1.11 bits per heavy atom. The molecule has 0 amide bonds. The molecule has 0 N–H and O–H groups in total. The molecule has 2 nitrogen and oxygen atoms in total. The topological polar surface area (TPSA) is 17.8 Å². The SMILES string of the molecule is CC(C)(C)c1cn(-c2cccc(C(F)(F)F)c2)cn1. The van der Waals surface area contributed by atoms with Crippen LogP contribution in [0.15, 0.2) is 36.8 Å². The molecule has 0 saturated heterocycles.